The van der Waals surface area contributed by atoms with Crippen LogP contribution in [0.1, 0.15) is 50.7 Å². The van der Waals surface area contributed by atoms with Gasteiger partial charge >= 0.3 is 59.1 Å². The number of hydrogen-bond donors (Lipinski definition) is 4. The molecule has 0 atom stereocenters. The van der Waals surface area contributed by atoms with Gasteiger partial charge in [-0.3, -0.25) is 21.0 Å². The first-order valence-electron chi connectivity index (χ1n) is 5.11. The van der Waals surface area contributed by atoms with E-state index in [4.69, 9.17) is 21.0 Å². The molecule has 94 valence electrons. The van der Waals surface area contributed by atoms with Gasteiger partial charge in [0.2, 0.25) is 0 Å². The molecular formula is C12H22Na2O4+2. The molecule has 6 heteroatoms. The Hall–Kier alpha value is 1.06. The minimum Gasteiger partial charge on any atom is -0.255 e. The summed E-state index contributed by atoms with van der Waals surface area (Å²) in [6, 6.07) is 8.94. The minimum atomic E-state index is 0. The van der Waals surface area contributed by atoms with Crippen LogP contribution in [-0.2, 0) is 0 Å². The van der Waals surface area contributed by atoms with Crippen molar-refractivity contribution in [1.29, 1.82) is 0 Å². The number of hydrogen-bond acceptors (Lipinski definition) is 4. The van der Waals surface area contributed by atoms with Crippen molar-refractivity contribution in [3.63, 3.8) is 0 Å². The molecule has 0 radical (unpaired) electrons. The Morgan fingerprint density at radius 2 is 0.778 bits per heavy atom. The van der Waals surface area contributed by atoms with Gasteiger partial charge in [-0.25, -0.2) is 0 Å². The van der Waals surface area contributed by atoms with Crippen LogP contribution in [0.2, 0.25) is 0 Å². The monoisotopic (exact) mass is 276 g/mol. The molecule has 1 aromatic rings. The predicted molar refractivity (Wildman–Crippen MR) is 65.1 cm³/mol. The van der Waals surface area contributed by atoms with Gasteiger partial charge in [-0.15, -0.1) is 0 Å². The van der Waals surface area contributed by atoms with Gasteiger partial charge in [0.05, 0.1) is 0 Å². The summed E-state index contributed by atoms with van der Waals surface area (Å²) >= 11 is 0. The molecule has 0 aliphatic heterocycles. The maximum Gasteiger partial charge on any atom is 1.00 e. The average Bonchev–Trinajstić information content (AvgIpc) is 2.34. The van der Waals surface area contributed by atoms with Gasteiger partial charge < -0.3 is 0 Å². The molecule has 1 rings (SSSR count). The van der Waals surface area contributed by atoms with Gasteiger partial charge in [-0.2, -0.15) is 0 Å². The third-order valence-corrected chi connectivity index (χ3v) is 2.27. The fourth-order valence-electron chi connectivity index (χ4n) is 1.27. The molecule has 0 unspecified atom stereocenters. The van der Waals surface area contributed by atoms with Crippen molar-refractivity contribution in [2.24, 2.45) is 0 Å². The standard InChI is InChI=1S/C12H18.2Na.2H2O2/c1-9(2)11-5-7-12(8-6-11)10(3)4;;;2*1-2/h5-10H,1-4H3;;;2*1-2H/q;2*+1;;. The van der Waals surface area contributed by atoms with Crippen molar-refractivity contribution in [2.75, 3.05) is 0 Å². The van der Waals surface area contributed by atoms with Crippen molar-refractivity contribution in [1.82, 2.24) is 0 Å². The Balaban J connectivity index is -0.000000149. The molecule has 0 aromatic heterocycles. The van der Waals surface area contributed by atoms with Crippen molar-refractivity contribution >= 4 is 0 Å². The second-order valence-electron chi connectivity index (χ2n) is 3.98. The Bertz CT molecular complexity index is 224. The van der Waals surface area contributed by atoms with Crippen LogP contribution in [0.3, 0.4) is 0 Å². The molecule has 0 spiro atoms. The Labute approximate surface area is 153 Å². The molecule has 0 aliphatic rings. The second kappa shape index (κ2) is 18.1. The third-order valence-electron chi connectivity index (χ3n) is 2.27. The molecule has 1 aromatic carbocycles. The molecule has 0 aliphatic carbocycles. The molecular weight excluding hydrogens is 254 g/mol. The van der Waals surface area contributed by atoms with Crippen LogP contribution in [0.4, 0.5) is 0 Å². The first-order valence-corrected chi connectivity index (χ1v) is 5.11. The van der Waals surface area contributed by atoms with Crippen LogP contribution >= 0.6 is 0 Å². The van der Waals surface area contributed by atoms with Gasteiger partial charge in [-0.1, -0.05) is 52.0 Å². The van der Waals surface area contributed by atoms with Crippen molar-refractivity contribution in [3.8, 4) is 0 Å². The van der Waals surface area contributed by atoms with E-state index < -0.39 is 0 Å². The fourth-order valence-corrected chi connectivity index (χ4v) is 1.27. The molecule has 0 saturated heterocycles. The zero-order valence-electron chi connectivity index (χ0n) is 12.3. The van der Waals surface area contributed by atoms with Crippen LogP contribution in [0.5, 0.6) is 0 Å². The summed E-state index contributed by atoms with van der Waals surface area (Å²) in [5.74, 6) is 1.29. The van der Waals surface area contributed by atoms with E-state index in [-0.39, 0.29) is 59.1 Å². The Morgan fingerprint density at radius 1 is 0.611 bits per heavy atom. The number of benzene rings is 1. The quantitative estimate of drug-likeness (QED) is 0.285. The topological polar surface area (TPSA) is 80.9 Å². The summed E-state index contributed by atoms with van der Waals surface area (Å²) in [7, 11) is 0. The van der Waals surface area contributed by atoms with Crippen LogP contribution in [0.15, 0.2) is 24.3 Å². The van der Waals surface area contributed by atoms with Crippen LogP contribution < -0.4 is 59.1 Å². The number of rotatable bonds is 2. The molecule has 4 nitrogen and oxygen atoms in total. The minimum absolute atomic E-state index is 0. The van der Waals surface area contributed by atoms with Gasteiger partial charge in [0, 0.05) is 0 Å². The summed E-state index contributed by atoms with van der Waals surface area (Å²) < 4.78 is 0. The molecule has 0 amide bonds. The predicted octanol–water partition coefficient (Wildman–Crippen LogP) is -2.02. The van der Waals surface area contributed by atoms with Gasteiger partial charge in [0.25, 0.3) is 0 Å². The SMILES string of the molecule is CC(C)c1ccc(C(C)C)cc1.OO.OO.[Na+].[Na+]. The van der Waals surface area contributed by atoms with E-state index in [1.54, 1.807) is 0 Å². The summed E-state index contributed by atoms with van der Waals surface area (Å²) in [5.41, 5.74) is 2.86. The normalized spacial score (nSPS) is 8.11. The van der Waals surface area contributed by atoms with E-state index in [1.807, 2.05) is 0 Å². The average molecular weight is 276 g/mol. The maximum absolute atomic E-state index is 6.00. The third kappa shape index (κ3) is 12.1. The Morgan fingerprint density at radius 3 is 0.889 bits per heavy atom. The van der Waals surface area contributed by atoms with Crippen LogP contribution in [0.25, 0.3) is 0 Å². The molecule has 18 heavy (non-hydrogen) atoms. The smallest absolute Gasteiger partial charge is 0.255 e. The van der Waals surface area contributed by atoms with Crippen LogP contribution in [-0.4, -0.2) is 21.0 Å². The van der Waals surface area contributed by atoms with E-state index in [2.05, 4.69) is 52.0 Å². The molecule has 4 N–H and O–H groups in total. The second-order valence-corrected chi connectivity index (χ2v) is 3.98. The Kier molecular flexibility index (Phi) is 27.5. The van der Waals surface area contributed by atoms with Gasteiger partial charge in [-0.05, 0) is 23.0 Å². The van der Waals surface area contributed by atoms with Gasteiger partial charge in [0.1, 0.15) is 0 Å². The van der Waals surface area contributed by atoms with E-state index in [0.717, 1.165) is 0 Å². The molecule has 0 bridgehead atoms. The first kappa shape index (κ1) is 27.4. The van der Waals surface area contributed by atoms with Crippen molar-refractivity contribution in [3.05, 3.63) is 35.4 Å². The van der Waals surface area contributed by atoms with E-state index >= 15 is 0 Å². The molecule has 0 saturated carbocycles. The van der Waals surface area contributed by atoms with Gasteiger partial charge in [0.15, 0.2) is 0 Å². The van der Waals surface area contributed by atoms with E-state index in [9.17, 15) is 0 Å². The van der Waals surface area contributed by atoms with Crippen molar-refractivity contribution < 1.29 is 80.1 Å². The zero-order chi connectivity index (χ0) is 13.1. The maximum atomic E-state index is 6.00. The zero-order valence-corrected chi connectivity index (χ0v) is 16.3. The largest absolute Gasteiger partial charge is 1.00 e. The summed E-state index contributed by atoms with van der Waals surface area (Å²) in [6.07, 6.45) is 0. The fraction of sp³-hybridized carbons (Fsp3) is 0.500. The molecule has 0 heterocycles. The first-order chi connectivity index (χ1) is 7.61. The van der Waals surface area contributed by atoms with E-state index in [0.29, 0.717) is 11.8 Å². The van der Waals surface area contributed by atoms with Crippen LogP contribution in [0, 0.1) is 0 Å². The van der Waals surface area contributed by atoms with E-state index in [1.165, 1.54) is 11.1 Å². The molecule has 0 fully saturated rings. The summed E-state index contributed by atoms with van der Waals surface area (Å²) in [6.45, 7) is 8.91. The summed E-state index contributed by atoms with van der Waals surface area (Å²) in [4.78, 5) is 0. The van der Waals surface area contributed by atoms with Crippen molar-refractivity contribution in [2.45, 2.75) is 39.5 Å². The summed E-state index contributed by atoms with van der Waals surface area (Å²) in [5, 5.41) is 24.0.